The van der Waals surface area contributed by atoms with Crippen LogP contribution >= 0.6 is 11.8 Å². The van der Waals surface area contributed by atoms with Crippen LogP contribution in [0.25, 0.3) is 0 Å². The molecule has 0 aromatic heterocycles. The van der Waals surface area contributed by atoms with Gasteiger partial charge in [-0.1, -0.05) is 0 Å². The van der Waals surface area contributed by atoms with Crippen LogP contribution in [0.5, 0.6) is 0 Å². The highest BCUT2D eigenvalue weighted by molar-refractivity contribution is 7.99. The summed E-state index contributed by atoms with van der Waals surface area (Å²) in [5, 5.41) is 36.1. The highest BCUT2D eigenvalue weighted by Gasteiger charge is 2.47. The van der Waals surface area contributed by atoms with Crippen molar-refractivity contribution in [3.8, 4) is 0 Å². The van der Waals surface area contributed by atoms with E-state index in [-0.39, 0.29) is 0 Å². The van der Waals surface area contributed by atoms with Crippen LogP contribution < -0.4 is 0 Å². The second-order valence-electron chi connectivity index (χ2n) is 2.66. The van der Waals surface area contributed by atoms with Crippen molar-refractivity contribution >= 4 is 11.8 Å². The third-order valence-corrected chi connectivity index (χ3v) is 3.10. The second-order valence-corrected chi connectivity index (χ2v) is 3.68. The van der Waals surface area contributed by atoms with Gasteiger partial charge in [-0.05, 0) is 6.26 Å². The van der Waals surface area contributed by atoms with E-state index in [1.807, 2.05) is 0 Å². The first-order valence-corrected chi connectivity index (χ1v) is 4.63. The van der Waals surface area contributed by atoms with Gasteiger partial charge in [-0.3, -0.25) is 0 Å². The normalized spacial score (nSPS) is 51.5. The Morgan fingerprint density at radius 2 is 1.18 bits per heavy atom. The first kappa shape index (κ1) is 9.28. The fourth-order valence-electron chi connectivity index (χ4n) is 1.27. The Morgan fingerprint density at radius 3 is 1.36 bits per heavy atom. The first-order chi connectivity index (χ1) is 5.09. The van der Waals surface area contributed by atoms with Crippen molar-refractivity contribution in [2.24, 2.45) is 0 Å². The Morgan fingerprint density at radius 1 is 0.818 bits per heavy atom. The summed E-state index contributed by atoms with van der Waals surface area (Å²) in [7, 11) is 0. The average Bonchev–Trinajstić information content (AvgIpc) is 2.17. The zero-order chi connectivity index (χ0) is 8.59. The standard InChI is InChI=1S/C6H12O4S/c1-11-6-4(9)2(7)3(8)5(6)10/h2-10H,1H3/t2-,3+,4-,5+,6+. The van der Waals surface area contributed by atoms with Crippen molar-refractivity contribution in [2.75, 3.05) is 6.26 Å². The molecular formula is C6H12O4S. The van der Waals surface area contributed by atoms with Crippen LogP contribution in [0.3, 0.4) is 0 Å². The van der Waals surface area contributed by atoms with Gasteiger partial charge < -0.3 is 20.4 Å². The molecule has 0 amide bonds. The molecule has 1 aliphatic carbocycles. The summed E-state index contributed by atoms with van der Waals surface area (Å²) in [6.45, 7) is 0. The van der Waals surface area contributed by atoms with E-state index >= 15 is 0 Å². The molecule has 0 spiro atoms. The van der Waals surface area contributed by atoms with Crippen LogP contribution in [0.1, 0.15) is 0 Å². The summed E-state index contributed by atoms with van der Waals surface area (Å²) in [4.78, 5) is 0. The Hall–Kier alpha value is 0.190. The highest BCUT2D eigenvalue weighted by Crippen LogP contribution is 2.29. The van der Waals surface area contributed by atoms with Crippen LogP contribution in [-0.2, 0) is 0 Å². The van der Waals surface area contributed by atoms with Crippen molar-refractivity contribution in [1.29, 1.82) is 0 Å². The summed E-state index contributed by atoms with van der Waals surface area (Å²) < 4.78 is 0. The zero-order valence-corrected chi connectivity index (χ0v) is 6.90. The number of thioether (sulfide) groups is 1. The summed E-state index contributed by atoms with van der Waals surface area (Å²) in [6, 6.07) is 0. The van der Waals surface area contributed by atoms with E-state index in [1.54, 1.807) is 6.26 Å². The third kappa shape index (κ3) is 1.39. The molecule has 0 aliphatic heterocycles. The molecule has 0 saturated heterocycles. The highest BCUT2D eigenvalue weighted by atomic mass is 32.2. The number of hydrogen-bond donors (Lipinski definition) is 4. The molecule has 0 unspecified atom stereocenters. The molecule has 0 heterocycles. The van der Waals surface area contributed by atoms with E-state index < -0.39 is 29.7 Å². The predicted octanol–water partition coefficient (Wildman–Crippen LogP) is -1.82. The molecule has 0 aromatic carbocycles. The maximum Gasteiger partial charge on any atom is 0.109 e. The summed E-state index contributed by atoms with van der Waals surface area (Å²) >= 11 is 1.24. The van der Waals surface area contributed by atoms with Gasteiger partial charge in [-0.25, -0.2) is 0 Å². The molecule has 5 heteroatoms. The van der Waals surface area contributed by atoms with E-state index in [2.05, 4.69) is 0 Å². The van der Waals surface area contributed by atoms with Crippen molar-refractivity contribution in [3.05, 3.63) is 0 Å². The molecule has 11 heavy (non-hydrogen) atoms. The van der Waals surface area contributed by atoms with Gasteiger partial charge in [0.25, 0.3) is 0 Å². The van der Waals surface area contributed by atoms with E-state index in [1.165, 1.54) is 11.8 Å². The molecule has 66 valence electrons. The number of hydrogen-bond acceptors (Lipinski definition) is 5. The maximum atomic E-state index is 9.21. The molecular weight excluding hydrogens is 168 g/mol. The Balaban J connectivity index is 2.69. The molecule has 1 fully saturated rings. The molecule has 5 atom stereocenters. The second kappa shape index (κ2) is 3.28. The zero-order valence-electron chi connectivity index (χ0n) is 6.08. The Kier molecular flexibility index (Phi) is 2.77. The van der Waals surface area contributed by atoms with Crippen LogP contribution in [-0.4, -0.2) is 56.3 Å². The molecule has 1 aliphatic rings. The minimum atomic E-state index is -1.22. The topological polar surface area (TPSA) is 80.9 Å². The molecule has 4 nitrogen and oxygen atoms in total. The lowest BCUT2D eigenvalue weighted by atomic mass is 10.2. The van der Waals surface area contributed by atoms with Gasteiger partial charge in [0.15, 0.2) is 0 Å². The van der Waals surface area contributed by atoms with Gasteiger partial charge in [0.2, 0.25) is 0 Å². The number of aliphatic hydroxyl groups is 4. The Labute approximate surface area is 68.9 Å². The lowest BCUT2D eigenvalue weighted by Crippen LogP contribution is -2.32. The van der Waals surface area contributed by atoms with Gasteiger partial charge in [0.05, 0.1) is 17.5 Å². The lowest BCUT2D eigenvalue weighted by molar-refractivity contribution is -0.0413. The van der Waals surface area contributed by atoms with Crippen LogP contribution in [0, 0.1) is 0 Å². The summed E-state index contributed by atoms with van der Waals surface area (Å²) in [6.07, 6.45) is -2.79. The number of rotatable bonds is 1. The Bertz CT molecular complexity index is 129. The van der Waals surface area contributed by atoms with E-state index in [0.29, 0.717) is 0 Å². The van der Waals surface area contributed by atoms with E-state index in [9.17, 15) is 10.2 Å². The number of aliphatic hydroxyl groups excluding tert-OH is 4. The van der Waals surface area contributed by atoms with Crippen LogP contribution in [0.15, 0.2) is 0 Å². The summed E-state index contributed by atoms with van der Waals surface area (Å²) in [5.41, 5.74) is 0. The van der Waals surface area contributed by atoms with Crippen molar-refractivity contribution in [2.45, 2.75) is 29.7 Å². The van der Waals surface area contributed by atoms with Gasteiger partial charge in [-0.15, -0.1) is 0 Å². The summed E-state index contributed by atoms with van der Waals surface area (Å²) in [5.74, 6) is 0. The van der Waals surface area contributed by atoms with E-state index in [0.717, 1.165) is 0 Å². The minimum Gasteiger partial charge on any atom is -0.389 e. The fourth-order valence-corrected chi connectivity index (χ4v) is 2.15. The molecule has 4 N–H and O–H groups in total. The van der Waals surface area contributed by atoms with Gasteiger partial charge >= 0.3 is 0 Å². The van der Waals surface area contributed by atoms with Gasteiger partial charge in [-0.2, -0.15) is 11.8 Å². The van der Waals surface area contributed by atoms with Crippen LogP contribution in [0.2, 0.25) is 0 Å². The molecule has 1 saturated carbocycles. The van der Waals surface area contributed by atoms with Crippen molar-refractivity contribution in [1.82, 2.24) is 0 Å². The largest absolute Gasteiger partial charge is 0.389 e. The van der Waals surface area contributed by atoms with Crippen molar-refractivity contribution < 1.29 is 20.4 Å². The van der Waals surface area contributed by atoms with Crippen molar-refractivity contribution in [3.63, 3.8) is 0 Å². The molecule has 0 bridgehead atoms. The lowest BCUT2D eigenvalue weighted by Gasteiger charge is -2.14. The monoisotopic (exact) mass is 180 g/mol. The molecule has 1 rings (SSSR count). The SMILES string of the molecule is CS[C@H]1[C@H](O)[C@H](O)[C@H](O)[C@@H]1O. The minimum absolute atomic E-state index is 0.486. The quantitative estimate of drug-likeness (QED) is 0.382. The van der Waals surface area contributed by atoms with Gasteiger partial charge in [0, 0.05) is 0 Å². The maximum absolute atomic E-state index is 9.21. The predicted molar refractivity (Wildman–Crippen MR) is 41.3 cm³/mol. The van der Waals surface area contributed by atoms with Gasteiger partial charge in [0.1, 0.15) is 12.2 Å². The fraction of sp³-hybridized carbons (Fsp3) is 1.00. The smallest absolute Gasteiger partial charge is 0.109 e. The molecule has 0 aromatic rings. The average molecular weight is 180 g/mol. The first-order valence-electron chi connectivity index (χ1n) is 3.34. The third-order valence-electron chi connectivity index (χ3n) is 2.00. The van der Waals surface area contributed by atoms with E-state index in [4.69, 9.17) is 10.2 Å². The molecule has 0 radical (unpaired) electrons. The van der Waals surface area contributed by atoms with Crippen LogP contribution in [0.4, 0.5) is 0 Å².